The maximum atomic E-state index is 14.6. The van der Waals surface area contributed by atoms with Crippen LogP contribution in [0.2, 0.25) is 0 Å². The summed E-state index contributed by atoms with van der Waals surface area (Å²) < 4.78 is 40.8. The third kappa shape index (κ3) is 7.46. The van der Waals surface area contributed by atoms with Crippen molar-refractivity contribution in [2.45, 2.75) is 38.5 Å². The SMILES string of the molecule is CC(=O)Nc1ccc2c(c1)C(=O)N(Cc1ccc(C)cc1)[C@H](c1ccc(C(F)(F)F)cc1)[C@H]2C(=O)Nc1cccc(N2CCN(C)CC2)c1. The van der Waals surface area contributed by atoms with Crippen molar-refractivity contribution in [3.8, 4) is 0 Å². The first-order valence-corrected chi connectivity index (χ1v) is 16.2. The van der Waals surface area contributed by atoms with Gasteiger partial charge in [0.25, 0.3) is 5.91 Å². The van der Waals surface area contributed by atoms with Gasteiger partial charge in [-0.2, -0.15) is 13.2 Å². The van der Waals surface area contributed by atoms with Crippen LogP contribution >= 0.6 is 0 Å². The lowest BCUT2D eigenvalue weighted by Crippen LogP contribution is -2.46. The molecule has 4 aromatic rings. The van der Waals surface area contributed by atoms with Gasteiger partial charge in [-0.3, -0.25) is 14.4 Å². The van der Waals surface area contributed by atoms with Gasteiger partial charge in [0.2, 0.25) is 11.8 Å². The molecule has 1 fully saturated rings. The minimum atomic E-state index is -4.55. The first-order chi connectivity index (χ1) is 23.4. The summed E-state index contributed by atoms with van der Waals surface area (Å²) in [4.78, 5) is 46.9. The number of fused-ring (bicyclic) bond motifs is 1. The lowest BCUT2D eigenvalue weighted by atomic mass is 9.78. The van der Waals surface area contributed by atoms with Gasteiger partial charge in [-0.25, -0.2) is 0 Å². The number of anilines is 3. The normalized spacial score (nSPS) is 18.2. The number of alkyl halides is 3. The minimum Gasteiger partial charge on any atom is -0.369 e. The van der Waals surface area contributed by atoms with Crippen molar-refractivity contribution < 1.29 is 27.6 Å². The molecule has 1 saturated heterocycles. The smallest absolute Gasteiger partial charge is 0.369 e. The van der Waals surface area contributed by atoms with Gasteiger partial charge in [0, 0.05) is 62.3 Å². The van der Waals surface area contributed by atoms with Gasteiger partial charge in [-0.1, -0.05) is 54.1 Å². The summed E-state index contributed by atoms with van der Waals surface area (Å²) in [6.07, 6.45) is -4.55. The van der Waals surface area contributed by atoms with E-state index in [2.05, 4.69) is 27.5 Å². The Labute approximate surface area is 283 Å². The van der Waals surface area contributed by atoms with Crippen LogP contribution in [0, 0.1) is 6.92 Å². The van der Waals surface area contributed by atoms with Gasteiger partial charge < -0.3 is 25.3 Å². The molecule has 11 heteroatoms. The average Bonchev–Trinajstić information content (AvgIpc) is 3.06. The third-order valence-corrected chi connectivity index (χ3v) is 9.17. The van der Waals surface area contributed by atoms with Crippen LogP contribution in [0.3, 0.4) is 0 Å². The van der Waals surface area contributed by atoms with E-state index in [1.54, 1.807) is 24.3 Å². The molecule has 0 bridgehead atoms. The minimum absolute atomic E-state index is 0.0945. The molecule has 0 radical (unpaired) electrons. The third-order valence-electron chi connectivity index (χ3n) is 9.17. The lowest BCUT2D eigenvalue weighted by molar-refractivity contribution is -0.137. The number of nitrogens with one attached hydrogen (secondary N) is 2. The Bertz CT molecular complexity index is 1850. The first-order valence-electron chi connectivity index (χ1n) is 16.2. The molecule has 4 aromatic carbocycles. The number of aryl methyl sites for hydroxylation is 1. The Morgan fingerprint density at radius 3 is 2.16 bits per heavy atom. The van der Waals surface area contributed by atoms with Crippen molar-refractivity contribution in [1.82, 2.24) is 9.80 Å². The zero-order valence-corrected chi connectivity index (χ0v) is 27.6. The Morgan fingerprint density at radius 2 is 1.51 bits per heavy atom. The number of piperazine rings is 1. The van der Waals surface area contributed by atoms with E-state index in [0.717, 1.165) is 55.1 Å². The topological polar surface area (TPSA) is 85.0 Å². The van der Waals surface area contributed by atoms with Crippen molar-refractivity contribution in [2.24, 2.45) is 0 Å². The van der Waals surface area contributed by atoms with Gasteiger partial charge in [0.1, 0.15) is 0 Å². The second-order valence-electron chi connectivity index (χ2n) is 12.8. The van der Waals surface area contributed by atoms with Gasteiger partial charge in [0.15, 0.2) is 0 Å². The van der Waals surface area contributed by atoms with Crippen molar-refractivity contribution in [3.05, 3.63) is 124 Å². The molecule has 2 N–H and O–H groups in total. The van der Waals surface area contributed by atoms with Gasteiger partial charge in [-0.05, 0) is 73.1 Å². The fraction of sp³-hybridized carbons (Fsp3) is 0.289. The summed E-state index contributed by atoms with van der Waals surface area (Å²) in [5, 5.41) is 5.78. The largest absolute Gasteiger partial charge is 0.416 e. The molecular weight excluding hydrogens is 631 g/mol. The molecule has 3 amide bonds. The zero-order valence-electron chi connectivity index (χ0n) is 27.6. The first kappa shape index (κ1) is 33.7. The molecule has 0 aliphatic carbocycles. The van der Waals surface area contributed by atoms with Gasteiger partial charge in [-0.15, -0.1) is 0 Å². The highest BCUT2D eigenvalue weighted by Gasteiger charge is 2.45. The predicted molar refractivity (Wildman–Crippen MR) is 184 cm³/mol. The predicted octanol–water partition coefficient (Wildman–Crippen LogP) is 6.84. The Morgan fingerprint density at radius 1 is 0.837 bits per heavy atom. The highest BCUT2D eigenvalue weighted by molar-refractivity contribution is 6.05. The highest BCUT2D eigenvalue weighted by atomic mass is 19.4. The average molecular weight is 670 g/mol. The van der Waals surface area contributed by atoms with Crippen LogP contribution in [0.15, 0.2) is 91.0 Å². The van der Waals surface area contributed by atoms with Crippen molar-refractivity contribution in [3.63, 3.8) is 0 Å². The van der Waals surface area contributed by atoms with E-state index in [9.17, 15) is 27.6 Å². The molecule has 2 heterocycles. The van der Waals surface area contributed by atoms with Gasteiger partial charge in [0.05, 0.1) is 17.5 Å². The van der Waals surface area contributed by atoms with E-state index >= 15 is 0 Å². The highest BCUT2D eigenvalue weighted by Crippen LogP contribution is 2.45. The lowest BCUT2D eigenvalue weighted by Gasteiger charge is -2.42. The number of benzene rings is 4. The van der Waals surface area contributed by atoms with Crippen LogP contribution in [0.5, 0.6) is 0 Å². The summed E-state index contributed by atoms with van der Waals surface area (Å²) >= 11 is 0. The van der Waals surface area contributed by atoms with E-state index in [1.807, 2.05) is 49.4 Å². The second kappa shape index (κ2) is 13.8. The number of amides is 3. The van der Waals surface area contributed by atoms with Crippen molar-refractivity contribution in [2.75, 3.05) is 48.8 Å². The molecule has 0 saturated carbocycles. The standard InChI is InChI=1S/C38H38F3N5O3/c1-24-7-9-26(10-8-24)23-46-35(27-11-13-28(14-12-27)38(39,40)41)34(32-16-15-30(42-25(2)47)22-33(32)37(46)49)36(48)43-29-5-4-6-31(21-29)45-19-17-44(3)18-20-45/h4-16,21-22,34-35H,17-20,23H2,1-3H3,(H,42,47)(H,43,48)/t34-,35+/m0/s1. The molecule has 49 heavy (non-hydrogen) atoms. The number of carbonyl (C=O) groups excluding carboxylic acids is 3. The molecular formula is C38H38F3N5O3. The number of rotatable bonds is 7. The number of nitrogens with zero attached hydrogens (tertiary/aromatic N) is 3. The molecule has 2 atom stereocenters. The number of halogens is 3. The van der Waals surface area contributed by atoms with Crippen LogP contribution in [0.1, 0.15) is 57.1 Å². The fourth-order valence-electron chi connectivity index (χ4n) is 6.58. The number of carbonyl (C=O) groups is 3. The molecule has 2 aliphatic rings. The Kier molecular flexibility index (Phi) is 9.47. The van der Waals surface area contributed by atoms with Gasteiger partial charge >= 0.3 is 6.18 Å². The van der Waals surface area contributed by atoms with Crippen LogP contribution in [-0.4, -0.2) is 60.7 Å². The van der Waals surface area contributed by atoms with Crippen molar-refractivity contribution in [1.29, 1.82) is 0 Å². The van der Waals surface area contributed by atoms with Crippen LogP contribution in [0.4, 0.5) is 30.2 Å². The Hall–Kier alpha value is -5.16. The summed E-state index contributed by atoms with van der Waals surface area (Å²) in [5.74, 6) is -2.16. The van der Waals surface area contributed by atoms with Crippen molar-refractivity contribution >= 4 is 34.8 Å². The summed E-state index contributed by atoms with van der Waals surface area (Å²) in [7, 11) is 2.08. The quantitative estimate of drug-likeness (QED) is 0.225. The van der Waals surface area contributed by atoms with Crippen LogP contribution in [-0.2, 0) is 22.3 Å². The monoisotopic (exact) mass is 669 g/mol. The van der Waals surface area contributed by atoms with E-state index in [1.165, 1.54) is 24.0 Å². The number of hydrogen-bond acceptors (Lipinski definition) is 5. The van der Waals surface area contributed by atoms with Crippen LogP contribution in [0.25, 0.3) is 0 Å². The van der Waals surface area contributed by atoms with E-state index < -0.39 is 35.5 Å². The summed E-state index contributed by atoms with van der Waals surface area (Å²) in [6.45, 7) is 6.90. The number of likely N-dealkylation sites (N-methyl/N-ethyl adjacent to an activating group) is 1. The summed E-state index contributed by atoms with van der Waals surface area (Å²) in [5.41, 5.74) is 3.93. The van der Waals surface area contributed by atoms with E-state index in [4.69, 9.17) is 0 Å². The number of hydrogen-bond donors (Lipinski definition) is 2. The maximum absolute atomic E-state index is 14.6. The molecule has 0 aromatic heterocycles. The van der Waals surface area contributed by atoms with E-state index in [-0.39, 0.29) is 18.0 Å². The van der Waals surface area contributed by atoms with E-state index in [0.29, 0.717) is 22.5 Å². The van der Waals surface area contributed by atoms with Crippen LogP contribution < -0.4 is 15.5 Å². The molecule has 6 rings (SSSR count). The molecule has 8 nitrogen and oxygen atoms in total. The second-order valence-corrected chi connectivity index (χ2v) is 12.8. The summed E-state index contributed by atoms with van der Waals surface area (Å²) in [6, 6.07) is 23.7. The fourth-order valence-corrected chi connectivity index (χ4v) is 6.58. The Balaban J connectivity index is 1.45. The zero-order chi connectivity index (χ0) is 34.9. The maximum Gasteiger partial charge on any atom is 0.416 e. The molecule has 0 spiro atoms. The molecule has 254 valence electrons. The molecule has 0 unspecified atom stereocenters. The molecule has 2 aliphatic heterocycles.